The summed E-state index contributed by atoms with van der Waals surface area (Å²) >= 11 is 0. The van der Waals surface area contributed by atoms with Crippen molar-refractivity contribution >= 4 is 38.5 Å². The SMILES string of the molecule is CS(=O)(=O)O.Cc1ccc(C(=O)OCc2ccc([C@@H](CN)C(=O)Nc3ccc4cnccc4c3)cc2)c(C)c1. The molecule has 0 aliphatic heterocycles. The van der Waals surface area contributed by atoms with E-state index in [4.69, 9.17) is 15.0 Å². The number of ether oxygens (including phenoxy) is 1. The van der Waals surface area contributed by atoms with Gasteiger partial charge in [-0.25, -0.2) is 4.79 Å². The van der Waals surface area contributed by atoms with Crippen molar-refractivity contribution in [1.82, 2.24) is 4.98 Å². The Bertz CT molecular complexity index is 1560. The third kappa shape index (κ3) is 8.99. The molecule has 1 atom stereocenters. The average Bonchev–Trinajstić information content (AvgIpc) is 2.87. The molecule has 1 amide bonds. The van der Waals surface area contributed by atoms with Crippen molar-refractivity contribution in [3.05, 3.63) is 107 Å². The van der Waals surface area contributed by atoms with E-state index >= 15 is 0 Å². The number of nitrogens with zero attached hydrogens (tertiary/aromatic N) is 1. The minimum atomic E-state index is -3.67. The topological polar surface area (TPSA) is 149 Å². The van der Waals surface area contributed by atoms with Crippen LogP contribution < -0.4 is 11.1 Å². The summed E-state index contributed by atoms with van der Waals surface area (Å²) in [7, 11) is -3.67. The van der Waals surface area contributed by atoms with Crippen molar-refractivity contribution in [2.24, 2.45) is 5.73 Å². The Hall–Kier alpha value is -4.12. The maximum Gasteiger partial charge on any atom is 0.338 e. The van der Waals surface area contributed by atoms with Gasteiger partial charge in [-0.05, 0) is 60.2 Å². The van der Waals surface area contributed by atoms with Gasteiger partial charge in [-0.15, -0.1) is 0 Å². The molecule has 4 rings (SSSR count). The van der Waals surface area contributed by atoms with Crippen LogP contribution in [0.1, 0.15) is 38.5 Å². The van der Waals surface area contributed by atoms with Gasteiger partial charge in [0.25, 0.3) is 10.1 Å². The summed E-state index contributed by atoms with van der Waals surface area (Å²) in [6, 6.07) is 20.6. The second kappa shape index (κ2) is 13.1. The molecule has 204 valence electrons. The molecule has 0 spiro atoms. The normalized spacial score (nSPS) is 11.7. The van der Waals surface area contributed by atoms with Gasteiger partial charge in [0.15, 0.2) is 0 Å². The Balaban J connectivity index is 0.000000771. The summed E-state index contributed by atoms with van der Waals surface area (Å²) in [5, 5.41) is 4.96. The number of nitrogens with two attached hydrogens (primary N) is 1. The van der Waals surface area contributed by atoms with Gasteiger partial charge in [0, 0.05) is 30.0 Å². The largest absolute Gasteiger partial charge is 0.457 e. The van der Waals surface area contributed by atoms with Crippen molar-refractivity contribution in [1.29, 1.82) is 0 Å². The Kier molecular flexibility index (Phi) is 9.89. The number of benzene rings is 3. The van der Waals surface area contributed by atoms with E-state index < -0.39 is 16.0 Å². The summed E-state index contributed by atoms with van der Waals surface area (Å²) in [6.45, 7) is 4.20. The van der Waals surface area contributed by atoms with Crippen LogP contribution in [0.5, 0.6) is 0 Å². The summed E-state index contributed by atoms with van der Waals surface area (Å²) in [4.78, 5) is 29.4. The number of esters is 1. The number of pyridine rings is 1. The van der Waals surface area contributed by atoms with Crippen LogP contribution in [-0.2, 0) is 26.3 Å². The number of fused-ring (bicyclic) bond motifs is 1. The molecule has 10 heteroatoms. The molecule has 4 N–H and O–H groups in total. The van der Waals surface area contributed by atoms with Gasteiger partial charge in [0.05, 0.1) is 17.7 Å². The fraction of sp³-hybridized carbons (Fsp3) is 0.207. The molecule has 0 aliphatic carbocycles. The first kappa shape index (κ1) is 29.4. The molecule has 0 aliphatic rings. The van der Waals surface area contributed by atoms with Crippen LogP contribution in [0.3, 0.4) is 0 Å². The molecule has 0 saturated heterocycles. The van der Waals surface area contributed by atoms with Crippen LogP contribution in [-0.4, -0.2) is 42.6 Å². The molecule has 0 bridgehead atoms. The monoisotopic (exact) mass is 549 g/mol. The summed E-state index contributed by atoms with van der Waals surface area (Å²) in [6.07, 6.45) is 4.22. The predicted octanol–water partition coefficient (Wildman–Crippen LogP) is 4.39. The maximum absolute atomic E-state index is 12.9. The lowest BCUT2D eigenvalue weighted by Gasteiger charge is -2.16. The van der Waals surface area contributed by atoms with E-state index in [0.717, 1.165) is 33.0 Å². The highest BCUT2D eigenvalue weighted by Crippen LogP contribution is 2.22. The first-order chi connectivity index (χ1) is 18.4. The second-order valence-corrected chi connectivity index (χ2v) is 10.6. The minimum absolute atomic E-state index is 0.151. The second-order valence-electron chi connectivity index (χ2n) is 9.08. The zero-order chi connectivity index (χ0) is 28.6. The molecule has 39 heavy (non-hydrogen) atoms. The van der Waals surface area contributed by atoms with E-state index in [1.807, 2.05) is 74.5 Å². The highest BCUT2D eigenvalue weighted by atomic mass is 32.2. The number of rotatable bonds is 7. The van der Waals surface area contributed by atoms with Crippen LogP contribution in [0.15, 0.2) is 79.1 Å². The highest BCUT2D eigenvalue weighted by Gasteiger charge is 2.19. The lowest BCUT2D eigenvalue weighted by atomic mass is 9.97. The Morgan fingerprint density at radius 3 is 2.33 bits per heavy atom. The van der Waals surface area contributed by atoms with E-state index in [0.29, 0.717) is 17.5 Å². The summed E-state index contributed by atoms with van der Waals surface area (Å²) < 4.78 is 31.3. The minimum Gasteiger partial charge on any atom is -0.457 e. The van der Waals surface area contributed by atoms with Crippen molar-refractivity contribution in [2.45, 2.75) is 26.4 Å². The van der Waals surface area contributed by atoms with Crippen LogP contribution in [0, 0.1) is 13.8 Å². The first-order valence-electron chi connectivity index (χ1n) is 12.0. The maximum atomic E-state index is 12.9. The fourth-order valence-electron chi connectivity index (χ4n) is 3.90. The van der Waals surface area contributed by atoms with Gasteiger partial charge in [-0.1, -0.05) is 48.0 Å². The molecule has 0 radical (unpaired) electrons. The number of nitrogens with one attached hydrogen (secondary N) is 1. The number of anilines is 1. The molecule has 0 fully saturated rings. The smallest absolute Gasteiger partial charge is 0.338 e. The number of carbonyl (C=O) groups excluding carboxylic acids is 2. The lowest BCUT2D eigenvalue weighted by Crippen LogP contribution is -2.27. The van der Waals surface area contributed by atoms with E-state index in [1.165, 1.54) is 0 Å². The quantitative estimate of drug-likeness (QED) is 0.227. The molecule has 3 aromatic carbocycles. The van der Waals surface area contributed by atoms with Gasteiger partial charge < -0.3 is 15.8 Å². The standard InChI is InChI=1S/C28H27N3O3.CH4O3S/c1-18-3-10-25(19(2)13-18)28(33)34-17-20-4-6-21(7-5-20)26(15-29)27(32)31-24-9-8-23-16-30-12-11-22(23)14-24;1-5(2,3)4/h3-14,16,26H,15,17,29H2,1-2H3,(H,31,32);1H3,(H,2,3,4)/t26-;/m1./s1. The predicted molar refractivity (Wildman–Crippen MR) is 151 cm³/mol. The van der Waals surface area contributed by atoms with Crippen LogP contribution >= 0.6 is 0 Å². The van der Waals surface area contributed by atoms with Crippen molar-refractivity contribution in [3.8, 4) is 0 Å². The number of hydrogen-bond donors (Lipinski definition) is 3. The molecular weight excluding hydrogens is 518 g/mol. The molecule has 1 aromatic heterocycles. The van der Waals surface area contributed by atoms with Gasteiger partial charge >= 0.3 is 5.97 Å². The number of aromatic nitrogens is 1. The van der Waals surface area contributed by atoms with Crippen LogP contribution in [0.2, 0.25) is 0 Å². The summed E-state index contributed by atoms with van der Waals surface area (Å²) in [5.41, 5.74) is 10.8. The zero-order valence-corrected chi connectivity index (χ0v) is 22.7. The molecule has 9 nitrogen and oxygen atoms in total. The zero-order valence-electron chi connectivity index (χ0n) is 21.9. The lowest BCUT2D eigenvalue weighted by molar-refractivity contribution is -0.117. The van der Waals surface area contributed by atoms with Crippen molar-refractivity contribution in [3.63, 3.8) is 0 Å². The van der Waals surface area contributed by atoms with E-state index in [-0.39, 0.29) is 25.0 Å². The molecule has 4 aromatic rings. The average molecular weight is 550 g/mol. The van der Waals surface area contributed by atoms with Gasteiger partial charge in [0.1, 0.15) is 6.61 Å². The Morgan fingerprint density at radius 2 is 1.69 bits per heavy atom. The molecular formula is C29H31N3O6S. The number of hydrogen-bond acceptors (Lipinski definition) is 7. The number of amides is 1. The third-order valence-electron chi connectivity index (χ3n) is 5.81. The molecule has 0 saturated carbocycles. The van der Waals surface area contributed by atoms with E-state index in [1.54, 1.807) is 18.5 Å². The summed E-state index contributed by atoms with van der Waals surface area (Å²) in [5.74, 6) is -1.03. The Morgan fingerprint density at radius 1 is 1.00 bits per heavy atom. The van der Waals surface area contributed by atoms with Crippen LogP contribution in [0.25, 0.3) is 10.8 Å². The van der Waals surface area contributed by atoms with E-state index in [9.17, 15) is 18.0 Å². The van der Waals surface area contributed by atoms with Crippen molar-refractivity contribution < 1.29 is 27.3 Å². The number of aryl methyl sites for hydroxylation is 2. The first-order valence-corrected chi connectivity index (χ1v) is 13.9. The van der Waals surface area contributed by atoms with Crippen molar-refractivity contribution in [2.75, 3.05) is 18.1 Å². The van der Waals surface area contributed by atoms with Crippen LogP contribution in [0.4, 0.5) is 5.69 Å². The third-order valence-corrected chi connectivity index (χ3v) is 5.81. The van der Waals surface area contributed by atoms with Gasteiger partial charge in [0.2, 0.25) is 5.91 Å². The molecule has 1 heterocycles. The fourth-order valence-corrected chi connectivity index (χ4v) is 3.90. The van der Waals surface area contributed by atoms with E-state index in [2.05, 4.69) is 10.3 Å². The van der Waals surface area contributed by atoms with Gasteiger partial charge in [-0.3, -0.25) is 14.3 Å². The highest BCUT2D eigenvalue weighted by molar-refractivity contribution is 7.85. The number of carbonyl (C=O) groups is 2. The molecule has 0 unspecified atom stereocenters. The Labute approximate surface area is 227 Å². The van der Waals surface area contributed by atoms with Gasteiger partial charge in [-0.2, -0.15) is 8.42 Å².